The lowest BCUT2D eigenvalue weighted by atomic mass is 10.2. The summed E-state index contributed by atoms with van der Waals surface area (Å²) in [7, 11) is 0.795. The summed E-state index contributed by atoms with van der Waals surface area (Å²) < 4.78 is 11.7. The number of fused-ring (bicyclic) bond motifs is 1. The summed E-state index contributed by atoms with van der Waals surface area (Å²) in [6.07, 6.45) is 0. The first kappa shape index (κ1) is 9.83. The maximum Gasteiger partial charge on any atom is 0.135 e. The molecule has 1 aromatic rings. The van der Waals surface area contributed by atoms with Crippen LogP contribution >= 0.6 is 0 Å². The van der Waals surface area contributed by atoms with Crippen LogP contribution in [0.2, 0.25) is 0 Å². The molecule has 0 bridgehead atoms. The average Bonchev–Trinajstić information content (AvgIpc) is 2.25. The Labute approximate surface area is 86.0 Å². The van der Waals surface area contributed by atoms with Gasteiger partial charge in [-0.25, -0.2) is 5.21 Å². The predicted molar refractivity (Wildman–Crippen MR) is 54.3 cm³/mol. The first-order valence-corrected chi connectivity index (χ1v) is 5.94. The summed E-state index contributed by atoms with van der Waals surface area (Å²) >= 11 is 0. The van der Waals surface area contributed by atoms with Gasteiger partial charge in [-0.05, 0) is 6.07 Å². The molecule has 0 aromatic heterocycles. The van der Waals surface area contributed by atoms with Crippen molar-refractivity contribution in [1.82, 2.24) is 0 Å². The average molecular weight is 212 g/mol. The molecule has 1 N–H and O–H groups in total. The van der Waals surface area contributed by atoms with Crippen molar-refractivity contribution in [2.45, 2.75) is 11.4 Å². The zero-order valence-corrected chi connectivity index (χ0v) is 8.96. The minimum absolute atomic E-state index is 0.0667. The van der Waals surface area contributed by atoms with E-state index in [-0.39, 0.29) is 4.65 Å². The third-order valence-electron chi connectivity index (χ3n) is 2.49. The van der Waals surface area contributed by atoms with E-state index in [0.29, 0.717) is 18.8 Å². The van der Waals surface area contributed by atoms with Gasteiger partial charge in [0.05, 0.1) is 23.6 Å². The highest BCUT2D eigenvalue weighted by molar-refractivity contribution is 7.85. The molecule has 0 spiro atoms. The standard InChI is InChI=1S/C10H14NO2S/c1-11(12)6-7-14(13)10-5-3-2-4-9(10)8-11/h2-5,12H,6-8H2,1H3/q+1. The van der Waals surface area contributed by atoms with E-state index in [1.165, 1.54) is 0 Å². The molecule has 0 aliphatic carbocycles. The second-order valence-electron chi connectivity index (χ2n) is 3.88. The molecular weight excluding hydrogens is 198 g/mol. The van der Waals surface area contributed by atoms with Crippen LogP contribution in [0.25, 0.3) is 0 Å². The van der Waals surface area contributed by atoms with Crippen molar-refractivity contribution in [2.75, 3.05) is 19.3 Å². The van der Waals surface area contributed by atoms with E-state index < -0.39 is 10.8 Å². The number of nitrogens with zero attached hydrogens (tertiary/aromatic N) is 1. The molecule has 0 amide bonds. The highest BCUT2D eigenvalue weighted by atomic mass is 32.2. The van der Waals surface area contributed by atoms with Gasteiger partial charge in [-0.3, -0.25) is 4.21 Å². The molecule has 14 heavy (non-hydrogen) atoms. The highest BCUT2D eigenvalue weighted by Gasteiger charge is 2.27. The fourth-order valence-corrected chi connectivity index (χ4v) is 3.13. The lowest BCUT2D eigenvalue weighted by Crippen LogP contribution is -2.40. The number of quaternary nitrogens is 1. The van der Waals surface area contributed by atoms with Gasteiger partial charge < -0.3 is 0 Å². The third-order valence-corrected chi connectivity index (χ3v) is 3.93. The second kappa shape index (κ2) is 3.46. The molecule has 2 unspecified atom stereocenters. The summed E-state index contributed by atoms with van der Waals surface area (Å²) in [5, 5.41) is 9.92. The van der Waals surface area contributed by atoms with E-state index in [2.05, 4.69) is 0 Å². The van der Waals surface area contributed by atoms with E-state index in [4.69, 9.17) is 0 Å². The lowest BCUT2D eigenvalue weighted by Gasteiger charge is -2.22. The zero-order chi connectivity index (χ0) is 10.2. The van der Waals surface area contributed by atoms with Crippen LogP contribution in [-0.2, 0) is 17.3 Å². The molecule has 2 atom stereocenters. The van der Waals surface area contributed by atoms with Gasteiger partial charge in [-0.2, -0.15) is 4.65 Å². The Morgan fingerprint density at radius 1 is 1.43 bits per heavy atom. The fraction of sp³-hybridized carbons (Fsp3) is 0.400. The van der Waals surface area contributed by atoms with Crippen LogP contribution in [-0.4, -0.2) is 33.4 Å². The van der Waals surface area contributed by atoms with E-state index >= 15 is 0 Å². The maximum absolute atomic E-state index is 11.8. The SMILES string of the molecule is C[N+]1(O)CCS(=O)c2ccccc2C1. The van der Waals surface area contributed by atoms with Crippen molar-refractivity contribution in [3.8, 4) is 0 Å². The molecule has 0 saturated carbocycles. The van der Waals surface area contributed by atoms with Gasteiger partial charge in [-0.15, -0.1) is 0 Å². The van der Waals surface area contributed by atoms with Crippen LogP contribution in [0.15, 0.2) is 29.2 Å². The molecule has 1 aliphatic heterocycles. The topological polar surface area (TPSA) is 37.3 Å². The Morgan fingerprint density at radius 2 is 2.14 bits per heavy atom. The summed E-state index contributed by atoms with van der Waals surface area (Å²) in [6.45, 7) is 1.09. The predicted octanol–water partition coefficient (Wildman–Crippen LogP) is 1.14. The Bertz CT molecular complexity index is 376. The molecule has 0 fully saturated rings. The van der Waals surface area contributed by atoms with E-state index in [9.17, 15) is 9.42 Å². The van der Waals surface area contributed by atoms with Crippen molar-refractivity contribution >= 4 is 10.8 Å². The molecule has 3 nitrogen and oxygen atoms in total. The van der Waals surface area contributed by atoms with Crippen LogP contribution < -0.4 is 0 Å². The van der Waals surface area contributed by atoms with Crippen LogP contribution in [0.3, 0.4) is 0 Å². The monoisotopic (exact) mass is 212 g/mol. The largest absolute Gasteiger partial charge is 0.254 e. The minimum Gasteiger partial charge on any atom is -0.254 e. The van der Waals surface area contributed by atoms with Gasteiger partial charge in [0.1, 0.15) is 13.1 Å². The maximum atomic E-state index is 11.8. The van der Waals surface area contributed by atoms with E-state index in [0.717, 1.165) is 10.5 Å². The smallest absolute Gasteiger partial charge is 0.135 e. The molecule has 1 heterocycles. The molecule has 0 saturated heterocycles. The van der Waals surface area contributed by atoms with Gasteiger partial charge in [0.25, 0.3) is 0 Å². The highest BCUT2D eigenvalue weighted by Crippen LogP contribution is 2.21. The normalized spacial score (nSPS) is 32.0. The summed E-state index contributed by atoms with van der Waals surface area (Å²) in [5.74, 6) is 0.532. The molecule has 76 valence electrons. The van der Waals surface area contributed by atoms with Crippen molar-refractivity contribution in [2.24, 2.45) is 0 Å². The Kier molecular flexibility index (Phi) is 2.43. The van der Waals surface area contributed by atoms with Crippen LogP contribution in [0.5, 0.6) is 0 Å². The zero-order valence-electron chi connectivity index (χ0n) is 8.14. The Morgan fingerprint density at radius 3 is 2.93 bits per heavy atom. The van der Waals surface area contributed by atoms with Gasteiger partial charge in [-0.1, -0.05) is 18.2 Å². The Balaban J connectivity index is 2.46. The minimum atomic E-state index is -0.955. The molecule has 4 heteroatoms. The fourth-order valence-electron chi connectivity index (χ4n) is 1.69. The number of hydrogen-bond donors (Lipinski definition) is 1. The van der Waals surface area contributed by atoms with Gasteiger partial charge in [0.2, 0.25) is 0 Å². The summed E-state index contributed by atoms with van der Waals surface area (Å²) in [4.78, 5) is 0.878. The molecule has 1 aromatic carbocycles. The number of hydrogen-bond acceptors (Lipinski definition) is 2. The number of hydroxylamine groups is 3. The van der Waals surface area contributed by atoms with Crippen molar-refractivity contribution < 1.29 is 14.1 Å². The number of benzene rings is 1. The van der Waals surface area contributed by atoms with E-state index in [1.54, 1.807) is 7.05 Å². The summed E-state index contributed by atoms with van der Waals surface area (Å²) in [5.41, 5.74) is 0.994. The van der Waals surface area contributed by atoms with Crippen LogP contribution in [0, 0.1) is 0 Å². The second-order valence-corrected chi connectivity index (χ2v) is 5.42. The van der Waals surface area contributed by atoms with Crippen molar-refractivity contribution in [3.05, 3.63) is 29.8 Å². The molecule has 2 rings (SSSR count). The lowest BCUT2D eigenvalue weighted by molar-refractivity contribution is -1.10. The molecule has 0 radical (unpaired) electrons. The van der Waals surface area contributed by atoms with Crippen LogP contribution in [0.1, 0.15) is 5.56 Å². The van der Waals surface area contributed by atoms with Crippen molar-refractivity contribution in [1.29, 1.82) is 0 Å². The quantitative estimate of drug-likeness (QED) is 0.655. The summed E-state index contributed by atoms with van der Waals surface area (Å²) in [6, 6.07) is 7.63. The van der Waals surface area contributed by atoms with E-state index in [1.807, 2.05) is 24.3 Å². The first-order valence-electron chi connectivity index (χ1n) is 4.62. The molecular formula is C10H14NO2S+. The first-order chi connectivity index (χ1) is 6.58. The Hall–Kier alpha value is -0.710. The van der Waals surface area contributed by atoms with Gasteiger partial charge in [0, 0.05) is 10.5 Å². The van der Waals surface area contributed by atoms with Gasteiger partial charge >= 0.3 is 0 Å². The number of rotatable bonds is 0. The third kappa shape index (κ3) is 1.87. The van der Waals surface area contributed by atoms with Crippen LogP contribution in [0.4, 0.5) is 0 Å². The van der Waals surface area contributed by atoms with Gasteiger partial charge in [0.15, 0.2) is 0 Å². The molecule has 1 aliphatic rings. The van der Waals surface area contributed by atoms with Crippen molar-refractivity contribution in [3.63, 3.8) is 0 Å².